The Bertz CT molecular complexity index is 256. The zero-order valence-electron chi connectivity index (χ0n) is 8.01. The minimum Gasteiger partial charge on any atom is -0.364 e. The molecule has 2 nitrogen and oxygen atoms in total. The Morgan fingerprint density at radius 2 is 2.54 bits per heavy atom. The molecule has 1 atom stereocenters. The van der Waals surface area contributed by atoms with E-state index in [2.05, 4.69) is 29.2 Å². The summed E-state index contributed by atoms with van der Waals surface area (Å²) in [6.07, 6.45) is 9.06. The van der Waals surface area contributed by atoms with E-state index in [1.165, 1.54) is 5.69 Å². The molecule has 0 radical (unpaired) electrons. The van der Waals surface area contributed by atoms with Gasteiger partial charge in [0.2, 0.25) is 0 Å². The standard InChI is InChI=1S/C11H16N2/c1-3-6-10(4-2)13-9-11-7-5-8-12-11/h1,5,7-8,10,12-13H,4,6,9H2,2H3. The van der Waals surface area contributed by atoms with Gasteiger partial charge in [0.25, 0.3) is 0 Å². The maximum absolute atomic E-state index is 5.26. The van der Waals surface area contributed by atoms with Crippen molar-refractivity contribution in [1.82, 2.24) is 10.3 Å². The van der Waals surface area contributed by atoms with Crippen LogP contribution < -0.4 is 5.32 Å². The van der Waals surface area contributed by atoms with Gasteiger partial charge in [0.15, 0.2) is 0 Å². The molecule has 1 aromatic rings. The van der Waals surface area contributed by atoms with Crippen molar-refractivity contribution < 1.29 is 0 Å². The normalized spacial score (nSPS) is 12.3. The van der Waals surface area contributed by atoms with E-state index in [9.17, 15) is 0 Å². The van der Waals surface area contributed by atoms with Crippen molar-refractivity contribution in [3.8, 4) is 12.3 Å². The molecule has 0 saturated carbocycles. The number of aromatic amines is 1. The maximum atomic E-state index is 5.26. The molecule has 0 aromatic carbocycles. The minimum absolute atomic E-state index is 0.438. The highest BCUT2D eigenvalue weighted by Gasteiger charge is 2.02. The molecule has 1 unspecified atom stereocenters. The van der Waals surface area contributed by atoms with Crippen molar-refractivity contribution in [2.75, 3.05) is 0 Å². The Hall–Kier alpha value is -1.20. The first kappa shape index (κ1) is 9.88. The Morgan fingerprint density at radius 1 is 1.69 bits per heavy atom. The van der Waals surface area contributed by atoms with Crippen LogP contribution in [0.25, 0.3) is 0 Å². The van der Waals surface area contributed by atoms with Gasteiger partial charge in [-0.1, -0.05) is 6.92 Å². The van der Waals surface area contributed by atoms with Crippen molar-refractivity contribution in [2.24, 2.45) is 0 Å². The molecular weight excluding hydrogens is 160 g/mol. The van der Waals surface area contributed by atoms with E-state index in [1.807, 2.05) is 12.3 Å². The van der Waals surface area contributed by atoms with Crippen LogP contribution in [-0.4, -0.2) is 11.0 Å². The molecule has 0 aliphatic carbocycles. The van der Waals surface area contributed by atoms with Gasteiger partial charge in [-0.05, 0) is 18.6 Å². The second kappa shape index (κ2) is 5.45. The quantitative estimate of drug-likeness (QED) is 0.659. The zero-order valence-corrected chi connectivity index (χ0v) is 8.01. The van der Waals surface area contributed by atoms with Gasteiger partial charge in [0.05, 0.1) is 0 Å². The molecular formula is C11H16N2. The Labute approximate surface area is 79.7 Å². The van der Waals surface area contributed by atoms with E-state index in [0.717, 1.165) is 19.4 Å². The average Bonchev–Trinajstić information content (AvgIpc) is 2.64. The third-order valence-corrected chi connectivity index (χ3v) is 2.10. The van der Waals surface area contributed by atoms with Crippen LogP contribution in [-0.2, 0) is 6.54 Å². The minimum atomic E-state index is 0.438. The lowest BCUT2D eigenvalue weighted by atomic mass is 10.1. The first-order chi connectivity index (χ1) is 6.36. The van der Waals surface area contributed by atoms with Crippen molar-refractivity contribution in [3.05, 3.63) is 24.0 Å². The highest BCUT2D eigenvalue weighted by atomic mass is 14.9. The predicted molar refractivity (Wildman–Crippen MR) is 55.2 cm³/mol. The summed E-state index contributed by atoms with van der Waals surface area (Å²) in [6.45, 7) is 3.01. The van der Waals surface area contributed by atoms with Crippen molar-refractivity contribution in [2.45, 2.75) is 32.4 Å². The van der Waals surface area contributed by atoms with E-state index < -0.39 is 0 Å². The fourth-order valence-electron chi connectivity index (χ4n) is 1.23. The highest BCUT2D eigenvalue weighted by molar-refractivity contribution is 5.03. The van der Waals surface area contributed by atoms with Gasteiger partial charge in [-0.2, -0.15) is 0 Å². The first-order valence-corrected chi connectivity index (χ1v) is 4.66. The summed E-state index contributed by atoms with van der Waals surface area (Å²) in [6, 6.07) is 4.50. The van der Waals surface area contributed by atoms with Gasteiger partial charge < -0.3 is 10.3 Å². The first-order valence-electron chi connectivity index (χ1n) is 4.66. The number of rotatable bonds is 5. The number of hydrogen-bond acceptors (Lipinski definition) is 1. The van der Waals surface area contributed by atoms with Crippen LogP contribution in [0.4, 0.5) is 0 Å². The van der Waals surface area contributed by atoms with Gasteiger partial charge in [0, 0.05) is 30.9 Å². The molecule has 1 aromatic heterocycles. The predicted octanol–water partition coefficient (Wildman–Crippen LogP) is 1.91. The summed E-state index contributed by atoms with van der Waals surface area (Å²) in [4.78, 5) is 3.14. The van der Waals surface area contributed by atoms with Gasteiger partial charge >= 0.3 is 0 Å². The lowest BCUT2D eigenvalue weighted by Crippen LogP contribution is -2.27. The molecule has 0 saturated heterocycles. The van der Waals surface area contributed by atoms with Crippen LogP contribution in [0.15, 0.2) is 18.3 Å². The molecule has 2 N–H and O–H groups in total. The Balaban J connectivity index is 2.28. The van der Waals surface area contributed by atoms with E-state index in [4.69, 9.17) is 6.42 Å². The molecule has 0 amide bonds. The van der Waals surface area contributed by atoms with Crippen molar-refractivity contribution >= 4 is 0 Å². The number of aromatic nitrogens is 1. The lowest BCUT2D eigenvalue weighted by Gasteiger charge is -2.12. The summed E-state index contributed by atoms with van der Waals surface area (Å²) in [5, 5.41) is 3.40. The number of terminal acetylenes is 1. The van der Waals surface area contributed by atoms with Crippen LogP contribution >= 0.6 is 0 Å². The smallest absolute Gasteiger partial charge is 0.0359 e. The molecule has 0 spiro atoms. The molecule has 0 aliphatic heterocycles. The lowest BCUT2D eigenvalue weighted by molar-refractivity contribution is 0.503. The summed E-state index contributed by atoms with van der Waals surface area (Å²) in [7, 11) is 0. The van der Waals surface area contributed by atoms with Crippen molar-refractivity contribution in [3.63, 3.8) is 0 Å². The monoisotopic (exact) mass is 176 g/mol. The summed E-state index contributed by atoms with van der Waals surface area (Å²) >= 11 is 0. The van der Waals surface area contributed by atoms with Gasteiger partial charge in [-0.25, -0.2) is 0 Å². The maximum Gasteiger partial charge on any atom is 0.0359 e. The Kier molecular flexibility index (Phi) is 4.14. The number of nitrogens with one attached hydrogen (secondary N) is 2. The molecule has 0 aliphatic rings. The fourth-order valence-corrected chi connectivity index (χ4v) is 1.23. The molecule has 1 heterocycles. The SMILES string of the molecule is C#CCC(CC)NCc1ccc[nH]1. The second-order valence-corrected chi connectivity index (χ2v) is 3.09. The molecule has 13 heavy (non-hydrogen) atoms. The van der Waals surface area contributed by atoms with E-state index in [-0.39, 0.29) is 0 Å². The van der Waals surface area contributed by atoms with Gasteiger partial charge in [0.1, 0.15) is 0 Å². The van der Waals surface area contributed by atoms with Gasteiger partial charge in [-0.3, -0.25) is 0 Å². The zero-order chi connectivity index (χ0) is 9.52. The van der Waals surface area contributed by atoms with Crippen molar-refractivity contribution in [1.29, 1.82) is 0 Å². The van der Waals surface area contributed by atoms with E-state index in [0.29, 0.717) is 6.04 Å². The third kappa shape index (κ3) is 3.35. The van der Waals surface area contributed by atoms with E-state index >= 15 is 0 Å². The summed E-state index contributed by atoms with van der Waals surface area (Å²) in [5.41, 5.74) is 1.20. The number of hydrogen-bond donors (Lipinski definition) is 2. The Morgan fingerprint density at radius 3 is 3.08 bits per heavy atom. The molecule has 70 valence electrons. The fraction of sp³-hybridized carbons (Fsp3) is 0.455. The summed E-state index contributed by atoms with van der Waals surface area (Å²) in [5.74, 6) is 2.68. The number of H-pyrrole nitrogens is 1. The third-order valence-electron chi connectivity index (χ3n) is 2.10. The molecule has 0 fully saturated rings. The molecule has 2 heteroatoms. The van der Waals surface area contributed by atoms with Crippen LogP contribution in [0.3, 0.4) is 0 Å². The summed E-state index contributed by atoms with van der Waals surface area (Å²) < 4.78 is 0. The largest absolute Gasteiger partial charge is 0.364 e. The molecule has 0 bridgehead atoms. The van der Waals surface area contributed by atoms with Crippen LogP contribution in [0.5, 0.6) is 0 Å². The molecule has 1 rings (SSSR count). The van der Waals surface area contributed by atoms with Crippen LogP contribution in [0, 0.1) is 12.3 Å². The van der Waals surface area contributed by atoms with Crippen LogP contribution in [0.1, 0.15) is 25.5 Å². The average molecular weight is 176 g/mol. The van der Waals surface area contributed by atoms with Gasteiger partial charge in [-0.15, -0.1) is 12.3 Å². The highest BCUT2D eigenvalue weighted by Crippen LogP contribution is 1.99. The topological polar surface area (TPSA) is 27.8 Å². The van der Waals surface area contributed by atoms with Crippen LogP contribution in [0.2, 0.25) is 0 Å². The van der Waals surface area contributed by atoms with E-state index in [1.54, 1.807) is 0 Å². The second-order valence-electron chi connectivity index (χ2n) is 3.09.